The number of rotatable bonds is 1. The van der Waals surface area contributed by atoms with Crippen LogP contribution in [0.25, 0.3) is 0 Å². The van der Waals surface area contributed by atoms with Gasteiger partial charge in [-0.2, -0.15) is 8.78 Å². The summed E-state index contributed by atoms with van der Waals surface area (Å²) in [6, 6.07) is 0.225. The maximum Gasteiger partial charge on any atom is 0.266 e. The molecule has 3 heteroatoms. The van der Waals surface area contributed by atoms with E-state index in [1.54, 1.807) is 0 Å². The molecule has 0 N–H and O–H groups in total. The molecule has 0 aromatic rings. The van der Waals surface area contributed by atoms with E-state index in [9.17, 15) is 8.78 Å². The van der Waals surface area contributed by atoms with Crippen molar-refractivity contribution in [1.82, 2.24) is 0 Å². The molecule has 0 aliphatic rings. The van der Waals surface area contributed by atoms with Crippen molar-refractivity contribution >= 4 is 10.2 Å². The summed E-state index contributed by atoms with van der Waals surface area (Å²) in [7, 11) is 2.84. The minimum Gasteiger partial charge on any atom is -0.174 e. The van der Waals surface area contributed by atoms with Gasteiger partial charge in [-0.05, 0) is 12.1 Å². The lowest BCUT2D eigenvalue weighted by atomic mass is 10.7. The summed E-state index contributed by atoms with van der Waals surface area (Å²) in [5.41, 5.74) is 0. The molecule has 0 amide bonds. The van der Waals surface area contributed by atoms with E-state index in [0.29, 0.717) is 0 Å². The first-order valence-corrected chi connectivity index (χ1v) is 2.14. The zero-order chi connectivity index (χ0) is 4.99. The highest BCUT2D eigenvalue weighted by atomic mass is 28.1. The second kappa shape index (κ2) is 3.02. The third-order valence-electron chi connectivity index (χ3n) is 0.256. The predicted molar refractivity (Wildman–Crippen MR) is 20.9 cm³/mol. The Bertz CT molecular complexity index is 55.8. The van der Waals surface area contributed by atoms with Crippen molar-refractivity contribution in [2.45, 2.75) is 6.04 Å². The first-order chi connectivity index (χ1) is 2.77. The van der Waals surface area contributed by atoms with Crippen molar-refractivity contribution in [3.05, 3.63) is 12.2 Å². The number of hydrogen-bond acceptors (Lipinski definition) is 0. The van der Waals surface area contributed by atoms with Crippen LogP contribution >= 0.6 is 0 Å². The van der Waals surface area contributed by atoms with Gasteiger partial charge in [0.25, 0.3) is 6.08 Å². The highest BCUT2D eigenvalue weighted by molar-refractivity contribution is 6.09. The average molecular weight is 105 g/mol. The monoisotopic (exact) mass is 105 g/mol. The lowest BCUT2D eigenvalue weighted by Gasteiger charge is -1.70. The Morgan fingerprint density at radius 1 is 1.67 bits per heavy atom. The van der Waals surface area contributed by atoms with Gasteiger partial charge in [0, 0.05) is 10.2 Å². The van der Waals surface area contributed by atoms with Crippen LogP contribution in [0.1, 0.15) is 0 Å². The number of allylic oxidation sites excluding steroid dienone is 1. The number of halogens is 2. The first kappa shape index (κ1) is 5.82. The molecule has 3 radical (unpaired) electrons. The molecule has 0 saturated heterocycles. The third kappa shape index (κ3) is 3.82. The Kier molecular flexibility index (Phi) is 2.93. The summed E-state index contributed by atoms with van der Waals surface area (Å²) >= 11 is 0. The average Bonchev–Trinajstić information content (AvgIpc) is 1.35. The Labute approximate surface area is 38.3 Å². The predicted octanol–water partition coefficient (Wildman–Crippen LogP) is 1.35. The van der Waals surface area contributed by atoms with Gasteiger partial charge in [-0.3, -0.25) is 0 Å². The summed E-state index contributed by atoms with van der Waals surface area (Å²) in [5.74, 6) is 0. The van der Waals surface area contributed by atoms with Crippen LogP contribution in [0.4, 0.5) is 8.78 Å². The zero-order valence-electron chi connectivity index (χ0n) is 3.04. The Balaban J connectivity index is 3.14. The summed E-state index contributed by atoms with van der Waals surface area (Å²) in [6.07, 6.45) is -0.846. The normalized spacial score (nSPS) is 7.83. The van der Waals surface area contributed by atoms with Crippen LogP contribution in [0.5, 0.6) is 0 Å². The molecule has 0 bridgehead atoms. The van der Waals surface area contributed by atoms with Gasteiger partial charge >= 0.3 is 0 Å². The minimum absolute atomic E-state index is 0.225. The first-order valence-electron chi connectivity index (χ1n) is 1.43. The zero-order valence-corrected chi connectivity index (χ0v) is 4.04. The molecule has 0 atom stereocenters. The van der Waals surface area contributed by atoms with Crippen LogP contribution in [-0.2, 0) is 0 Å². The van der Waals surface area contributed by atoms with Crippen molar-refractivity contribution in [2.75, 3.05) is 0 Å². The number of hydrogen-bond donors (Lipinski definition) is 0. The van der Waals surface area contributed by atoms with Crippen LogP contribution in [-0.4, -0.2) is 10.2 Å². The summed E-state index contributed by atoms with van der Waals surface area (Å²) in [6.45, 7) is 0. The van der Waals surface area contributed by atoms with E-state index in [1.807, 2.05) is 0 Å². The molecule has 0 aromatic heterocycles. The van der Waals surface area contributed by atoms with Crippen molar-refractivity contribution in [1.29, 1.82) is 0 Å². The van der Waals surface area contributed by atoms with Crippen molar-refractivity contribution in [3.8, 4) is 0 Å². The van der Waals surface area contributed by atoms with Crippen molar-refractivity contribution in [3.63, 3.8) is 0 Å². The van der Waals surface area contributed by atoms with E-state index in [-0.39, 0.29) is 6.04 Å². The lowest BCUT2D eigenvalue weighted by Crippen LogP contribution is -1.58. The van der Waals surface area contributed by atoms with Gasteiger partial charge in [0.1, 0.15) is 0 Å². The van der Waals surface area contributed by atoms with Crippen LogP contribution in [0.15, 0.2) is 12.2 Å². The van der Waals surface area contributed by atoms with Crippen LogP contribution in [0, 0.1) is 0 Å². The fourth-order valence-electron chi connectivity index (χ4n) is 0.0772. The minimum atomic E-state index is -1.63. The molecule has 0 spiro atoms. The maximum absolute atomic E-state index is 10.9. The third-order valence-corrected chi connectivity index (χ3v) is 0.460. The Morgan fingerprint density at radius 2 is 2.17 bits per heavy atom. The Hall–Kier alpha value is -0.183. The molecule has 33 valence electrons. The maximum atomic E-state index is 10.9. The van der Waals surface area contributed by atoms with E-state index >= 15 is 0 Å². The van der Waals surface area contributed by atoms with Gasteiger partial charge in [0.2, 0.25) is 0 Å². The standard InChI is InChI=1S/C3H3F2Si/c4-3(5)1-2-6/h1H,2H2. The van der Waals surface area contributed by atoms with E-state index in [1.165, 1.54) is 0 Å². The van der Waals surface area contributed by atoms with Gasteiger partial charge < -0.3 is 0 Å². The molecule has 0 unspecified atom stereocenters. The van der Waals surface area contributed by atoms with E-state index < -0.39 is 6.08 Å². The molecule has 0 heterocycles. The molecule has 0 aliphatic heterocycles. The second-order valence-electron chi connectivity index (χ2n) is 0.698. The van der Waals surface area contributed by atoms with E-state index in [0.717, 1.165) is 6.08 Å². The van der Waals surface area contributed by atoms with Crippen LogP contribution < -0.4 is 0 Å². The van der Waals surface area contributed by atoms with Crippen molar-refractivity contribution in [2.24, 2.45) is 0 Å². The van der Waals surface area contributed by atoms with Crippen molar-refractivity contribution < 1.29 is 8.78 Å². The quantitative estimate of drug-likeness (QED) is 0.441. The summed E-state index contributed by atoms with van der Waals surface area (Å²) in [4.78, 5) is 0. The largest absolute Gasteiger partial charge is 0.266 e. The fraction of sp³-hybridized carbons (Fsp3) is 0.333. The molecule has 0 rings (SSSR count). The van der Waals surface area contributed by atoms with Crippen LogP contribution in [0.3, 0.4) is 0 Å². The molecule has 0 aliphatic carbocycles. The molecule has 0 saturated carbocycles. The van der Waals surface area contributed by atoms with E-state index in [2.05, 4.69) is 10.2 Å². The van der Waals surface area contributed by atoms with Gasteiger partial charge in [-0.25, -0.2) is 0 Å². The van der Waals surface area contributed by atoms with Crippen LogP contribution in [0.2, 0.25) is 6.04 Å². The second-order valence-corrected chi connectivity index (χ2v) is 1.11. The summed E-state index contributed by atoms with van der Waals surface area (Å²) < 4.78 is 21.7. The molecule has 6 heavy (non-hydrogen) atoms. The molecular formula is C3H3F2Si. The highest BCUT2D eigenvalue weighted by Gasteiger charge is 1.79. The lowest BCUT2D eigenvalue weighted by molar-refractivity contribution is 0.420. The highest BCUT2D eigenvalue weighted by Crippen LogP contribution is 1.95. The Morgan fingerprint density at radius 3 is 2.17 bits per heavy atom. The van der Waals surface area contributed by atoms with Gasteiger partial charge in [0.05, 0.1) is 0 Å². The fourth-order valence-corrected chi connectivity index (χ4v) is 0.231. The smallest absolute Gasteiger partial charge is 0.174 e. The topological polar surface area (TPSA) is 0 Å². The summed E-state index contributed by atoms with van der Waals surface area (Å²) in [5, 5.41) is 0. The van der Waals surface area contributed by atoms with Gasteiger partial charge in [0.15, 0.2) is 0 Å². The SMILES string of the molecule is FC(F)=CC[Si]. The van der Waals surface area contributed by atoms with Gasteiger partial charge in [-0.15, -0.1) is 0 Å². The van der Waals surface area contributed by atoms with E-state index in [4.69, 9.17) is 0 Å². The molecule has 0 nitrogen and oxygen atoms in total. The molecule has 0 fully saturated rings. The molecule has 0 aromatic carbocycles. The molecular weight excluding hydrogens is 102 g/mol. The van der Waals surface area contributed by atoms with Gasteiger partial charge in [-0.1, -0.05) is 0 Å².